The summed E-state index contributed by atoms with van der Waals surface area (Å²) < 4.78 is 0. The molecular weight excluding hydrogens is 268 g/mol. The number of aliphatic hydroxyl groups excluding tert-OH is 1. The van der Waals surface area contributed by atoms with Gasteiger partial charge in [-0.25, -0.2) is 0 Å². The molecule has 0 unspecified atom stereocenters. The SMILES string of the molecule is CC.CC/C=C(/C)O.CC1c2ccccc2-c2ccccc21. The lowest BCUT2D eigenvalue weighted by molar-refractivity contribution is 0.412. The van der Waals surface area contributed by atoms with Crippen LogP contribution in [-0.2, 0) is 0 Å². The van der Waals surface area contributed by atoms with Crippen molar-refractivity contribution in [3.63, 3.8) is 0 Å². The Morgan fingerprint density at radius 2 is 1.36 bits per heavy atom. The van der Waals surface area contributed by atoms with E-state index in [-0.39, 0.29) is 0 Å². The van der Waals surface area contributed by atoms with Gasteiger partial charge in [-0.05, 0) is 41.7 Å². The van der Waals surface area contributed by atoms with Crippen molar-refractivity contribution in [1.29, 1.82) is 0 Å². The molecule has 0 atom stereocenters. The molecule has 0 amide bonds. The van der Waals surface area contributed by atoms with Crippen molar-refractivity contribution in [1.82, 2.24) is 0 Å². The van der Waals surface area contributed by atoms with Crippen molar-refractivity contribution in [2.75, 3.05) is 0 Å². The van der Waals surface area contributed by atoms with Gasteiger partial charge in [0, 0.05) is 5.92 Å². The first-order chi connectivity index (χ1) is 10.6. The van der Waals surface area contributed by atoms with Gasteiger partial charge < -0.3 is 5.11 Å². The second-order valence-electron chi connectivity index (χ2n) is 5.15. The summed E-state index contributed by atoms with van der Waals surface area (Å²) in [6.45, 7) is 9.94. The van der Waals surface area contributed by atoms with Crippen LogP contribution in [0.3, 0.4) is 0 Å². The number of aliphatic hydroxyl groups is 1. The van der Waals surface area contributed by atoms with Gasteiger partial charge >= 0.3 is 0 Å². The van der Waals surface area contributed by atoms with Crippen LogP contribution in [0.2, 0.25) is 0 Å². The van der Waals surface area contributed by atoms with E-state index in [0.29, 0.717) is 11.7 Å². The Labute approximate surface area is 135 Å². The zero-order chi connectivity index (χ0) is 16.5. The lowest BCUT2D eigenvalue weighted by Gasteiger charge is -2.04. The van der Waals surface area contributed by atoms with Crippen molar-refractivity contribution in [3.05, 3.63) is 71.5 Å². The van der Waals surface area contributed by atoms with Crippen molar-refractivity contribution in [2.45, 2.75) is 47.0 Å². The fourth-order valence-electron chi connectivity index (χ4n) is 2.70. The third-order valence-electron chi connectivity index (χ3n) is 3.64. The monoisotopic (exact) mass is 296 g/mol. The highest BCUT2D eigenvalue weighted by molar-refractivity contribution is 5.78. The molecule has 0 spiro atoms. The summed E-state index contributed by atoms with van der Waals surface area (Å²) in [5.41, 5.74) is 5.76. The molecule has 1 aliphatic carbocycles. The van der Waals surface area contributed by atoms with Crippen LogP contribution < -0.4 is 0 Å². The van der Waals surface area contributed by atoms with Crippen LogP contribution in [0.5, 0.6) is 0 Å². The van der Waals surface area contributed by atoms with Gasteiger partial charge in [0.05, 0.1) is 5.76 Å². The van der Waals surface area contributed by atoms with Crippen molar-refractivity contribution in [2.24, 2.45) is 0 Å². The van der Waals surface area contributed by atoms with E-state index in [1.807, 2.05) is 20.8 Å². The largest absolute Gasteiger partial charge is 0.513 e. The fourth-order valence-corrected chi connectivity index (χ4v) is 2.70. The Bertz CT molecular complexity index is 561. The summed E-state index contributed by atoms with van der Waals surface area (Å²) in [5.74, 6) is 0.972. The van der Waals surface area contributed by atoms with Crippen LogP contribution in [0.15, 0.2) is 60.4 Å². The summed E-state index contributed by atoms with van der Waals surface area (Å²) in [7, 11) is 0. The van der Waals surface area contributed by atoms with Gasteiger partial charge in [0.2, 0.25) is 0 Å². The molecule has 0 radical (unpaired) electrons. The molecular formula is C21H28O. The highest BCUT2D eigenvalue weighted by atomic mass is 16.3. The van der Waals surface area contributed by atoms with Crippen molar-refractivity contribution in [3.8, 4) is 11.1 Å². The van der Waals surface area contributed by atoms with E-state index in [0.717, 1.165) is 6.42 Å². The second-order valence-corrected chi connectivity index (χ2v) is 5.15. The number of allylic oxidation sites excluding steroid dienone is 2. The molecule has 1 N–H and O–H groups in total. The molecule has 0 aromatic heterocycles. The molecule has 1 aliphatic rings. The number of benzene rings is 2. The van der Waals surface area contributed by atoms with Crippen LogP contribution in [0.4, 0.5) is 0 Å². The molecule has 3 rings (SSSR count). The van der Waals surface area contributed by atoms with E-state index < -0.39 is 0 Å². The first-order valence-electron chi connectivity index (χ1n) is 8.19. The average molecular weight is 296 g/mol. The smallest absolute Gasteiger partial charge is 0.0851 e. The van der Waals surface area contributed by atoms with E-state index in [1.165, 1.54) is 22.3 Å². The standard InChI is InChI=1S/C14H12.C5H10O.C2H6/c1-10-11-6-2-4-8-13(11)14-9-5-3-7-12(10)14;1-3-4-5(2)6;1-2/h2-10H,1H3;4,6H,3H2,1-2H3;1-2H3/b;5-4-;. The lowest BCUT2D eigenvalue weighted by Crippen LogP contribution is -1.87. The molecule has 2 aromatic carbocycles. The molecule has 0 bridgehead atoms. The quantitative estimate of drug-likeness (QED) is 0.580. The Morgan fingerprint density at radius 1 is 0.955 bits per heavy atom. The van der Waals surface area contributed by atoms with Crippen molar-refractivity contribution < 1.29 is 5.11 Å². The third kappa shape index (κ3) is 4.24. The molecule has 0 saturated carbocycles. The Balaban J connectivity index is 0.000000260. The van der Waals surface area contributed by atoms with Crippen LogP contribution in [0.1, 0.15) is 58.1 Å². The topological polar surface area (TPSA) is 20.2 Å². The zero-order valence-corrected chi connectivity index (χ0v) is 14.4. The molecule has 1 heteroatoms. The minimum Gasteiger partial charge on any atom is -0.513 e. The van der Waals surface area contributed by atoms with E-state index in [2.05, 4.69) is 55.5 Å². The molecule has 118 valence electrons. The molecule has 0 saturated heterocycles. The normalized spacial score (nSPS) is 12.3. The van der Waals surface area contributed by atoms with Crippen LogP contribution >= 0.6 is 0 Å². The summed E-state index contributed by atoms with van der Waals surface area (Å²) in [5, 5.41) is 8.41. The van der Waals surface area contributed by atoms with Crippen molar-refractivity contribution >= 4 is 0 Å². The van der Waals surface area contributed by atoms with Gasteiger partial charge in [-0.2, -0.15) is 0 Å². The van der Waals surface area contributed by atoms with E-state index >= 15 is 0 Å². The summed E-state index contributed by atoms with van der Waals surface area (Å²) >= 11 is 0. The van der Waals surface area contributed by atoms with E-state index in [1.54, 1.807) is 13.0 Å². The van der Waals surface area contributed by atoms with Gasteiger partial charge in [0.15, 0.2) is 0 Å². The Morgan fingerprint density at radius 3 is 1.68 bits per heavy atom. The number of hydrogen-bond donors (Lipinski definition) is 1. The van der Waals surface area contributed by atoms with Gasteiger partial charge in [-0.3, -0.25) is 0 Å². The third-order valence-corrected chi connectivity index (χ3v) is 3.64. The summed E-state index contributed by atoms with van der Waals surface area (Å²) in [4.78, 5) is 0. The Kier molecular flexibility index (Phi) is 7.45. The zero-order valence-electron chi connectivity index (χ0n) is 14.4. The lowest BCUT2D eigenvalue weighted by atomic mass is 10.00. The molecule has 0 fully saturated rings. The summed E-state index contributed by atoms with van der Waals surface area (Å²) in [6, 6.07) is 17.4. The summed E-state index contributed by atoms with van der Waals surface area (Å²) in [6.07, 6.45) is 2.68. The number of hydrogen-bond acceptors (Lipinski definition) is 1. The minimum atomic E-state index is 0.414. The minimum absolute atomic E-state index is 0.414. The second kappa shape index (κ2) is 9.09. The molecule has 0 heterocycles. The average Bonchev–Trinajstić information content (AvgIpc) is 2.84. The predicted molar refractivity (Wildman–Crippen MR) is 97.4 cm³/mol. The van der Waals surface area contributed by atoms with Crippen LogP contribution in [-0.4, -0.2) is 5.11 Å². The van der Waals surface area contributed by atoms with Gasteiger partial charge in [-0.1, -0.05) is 76.2 Å². The van der Waals surface area contributed by atoms with E-state index in [4.69, 9.17) is 5.11 Å². The number of rotatable bonds is 1. The van der Waals surface area contributed by atoms with Gasteiger partial charge in [0.1, 0.15) is 0 Å². The predicted octanol–water partition coefficient (Wildman–Crippen LogP) is 6.70. The van der Waals surface area contributed by atoms with E-state index in [9.17, 15) is 0 Å². The van der Waals surface area contributed by atoms with Gasteiger partial charge in [0.25, 0.3) is 0 Å². The first kappa shape index (κ1) is 18.0. The maximum absolute atomic E-state index is 8.41. The maximum atomic E-state index is 8.41. The molecule has 2 aromatic rings. The Hall–Kier alpha value is -2.02. The molecule has 0 aliphatic heterocycles. The van der Waals surface area contributed by atoms with Crippen LogP contribution in [0, 0.1) is 0 Å². The maximum Gasteiger partial charge on any atom is 0.0851 e. The van der Waals surface area contributed by atoms with Crippen LogP contribution in [0.25, 0.3) is 11.1 Å². The van der Waals surface area contributed by atoms with Gasteiger partial charge in [-0.15, -0.1) is 0 Å². The molecule has 22 heavy (non-hydrogen) atoms. The highest BCUT2D eigenvalue weighted by Crippen LogP contribution is 2.43. The molecule has 1 nitrogen and oxygen atoms in total. The number of fused-ring (bicyclic) bond motifs is 3. The fraction of sp³-hybridized carbons (Fsp3) is 0.333. The highest BCUT2D eigenvalue weighted by Gasteiger charge is 2.23. The first-order valence-corrected chi connectivity index (χ1v) is 8.19.